The van der Waals surface area contributed by atoms with Crippen molar-refractivity contribution in [3.05, 3.63) is 30.3 Å². The maximum Gasteiger partial charge on any atom is 0.249 e. The normalized spacial score (nSPS) is 19.2. The van der Waals surface area contributed by atoms with Crippen LogP contribution in [0, 0.1) is 5.92 Å². The molecule has 0 aliphatic carbocycles. The maximum atomic E-state index is 12.6. The van der Waals surface area contributed by atoms with E-state index >= 15 is 0 Å². The molecule has 0 saturated carbocycles. The van der Waals surface area contributed by atoms with Crippen LogP contribution in [-0.2, 0) is 9.59 Å². The van der Waals surface area contributed by atoms with E-state index < -0.39 is 12.1 Å². The topological polar surface area (TPSA) is 75.4 Å². The van der Waals surface area contributed by atoms with Gasteiger partial charge in [-0.2, -0.15) is 0 Å². The Bertz CT molecular complexity index is 522. The lowest BCUT2D eigenvalue weighted by atomic mass is 10.0. The van der Waals surface area contributed by atoms with E-state index in [0.717, 1.165) is 12.1 Å². The van der Waals surface area contributed by atoms with Crippen LogP contribution in [0.25, 0.3) is 0 Å². The van der Waals surface area contributed by atoms with Crippen LogP contribution in [0.5, 0.6) is 0 Å². The highest BCUT2D eigenvalue weighted by Gasteiger charge is 2.31. The number of carbonyl (C=O) groups is 2. The van der Waals surface area contributed by atoms with E-state index in [4.69, 9.17) is 5.73 Å². The number of nitrogens with zero attached hydrogens (tertiary/aromatic N) is 1. The number of hydrogen-bond acceptors (Lipinski definition) is 3. The lowest BCUT2D eigenvalue weighted by Crippen LogP contribution is -2.55. The van der Waals surface area contributed by atoms with Gasteiger partial charge < -0.3 is 16.0 Å². The van der Waals surface area contributed by atoms with Crippen LogP contribution in [0.4, 0.5) is 5.69 Å². The van der Waals surface area contributed by atoms with Gasteiger partial charge in [0.2, 0.25) is 11.8 Å². The molecule has 3 N–H and O–H groups in total. The summed E-state index contributed by atoms with van der Waals surface area (Å²) in [5.74, 6) is 0.0631. The van der Waals surface area contributed by atoms with Gasteiger partial charge in [0.25, 0.3) is 0 Å². The second-order valence-electron chi connectivity index (χ2n) is 6.26. The molecule has 0 aromatic heterocycles. The average molecular weight is 340 g/mol. The number of halogens is 1. The molecule has 23 heavy (non-hydrogen) atoms. The highest BCUT2D eigenvalue weighted by Crippen LogP contribution is 2.20. The number of nitrogens with one attached hydrogen (secondary N) is 1. The molecule has 5 nitrogen and oxygen atoms in total. The smallest absolute Gasteiger partial charge is 0.249 e. The van der Waals surface area contributed by atoms with E-state index in [1.54, 1.807) is 4.90 Å². The van der Waals surface area contributed by atoms with Crippen LogP contribution in [-0.4, -0.2) is 30.4 Å². The van der Waals surface area contributed by atoms with E-state index in [1.807, 2.05) is 44.2 Å². The van der Waals surface area contributed by atoms with Crippen molar-refractivity contribution in [2.24, 2.45) is 11.7 Å². The number of piperidine rings is 1. The first-order valence-corrected chi connectivity index (χ1v) is 7.91. The molecule has 1 aliphatic heterocycles. The molecule has 1 fully saturated rings. The summed E-state index contributed by atoms with van der Waals surface area (Å²) in [6.45, 7) is 4.74. The molecule has 6 heteroatoms. The molecule has 1 aliphatic rings. The zero-order chi connectivity index (χ0) is 16.1. The maximum absolute atomic E-state index is 12.6. The van der Waals surface area contributed by atoms with Gasteiger partial charge in [0, 0.05) is 12.2 Å². The summed E-state index contributed by atoms with van der Waals surface area (Å²) in [5.41, 5.74) is 6.76. The SMILES string of the molecule is CC(C)C[C@H](N)C(=O)NC1CCCN(c2ccccc2)C1=O.Cl. The van der Waals surface area contributed by atoms with Crippen molar-refractivity contribution in [1.29, 1.82) is 0 Å². The Balaban J connectivity index is 0.00000264. The second kappa shape index (κ2) is 8.89. The zero-order valence-corrected chi connectivity index (χ0v) is 14.5. The van der Waals surface area contributed by atoms with E-state index in [-0.39, 0.29) is 24.2 Å². The van der Waals surface area contributed by atoms with Crippen LogP contribution in [0.2, 0.25) is 0 Å². The van der Waals surface area contributed by atoms with Crippen molar-refractivity contribution < 1.29 is 9.59 Å². The number of nitrogens with two attached hydrogens (primary N) is 1. The third kappa shape index (κ3) is 5.22. The minimum absolute atomic E-state index is 0. The van der Waals surface area contributed by atoms with Crippen molar-refractivity contribution in [3.63, 3.8) is 0 Å². The summed E-state index contributed by atoms with van der Waals surface area (Å²) in [6.07, 6.45) is 2.16. The molecule has 1 saturated heterocycles. The molecule has 1 unspecified atom stereocenters. The van der Waals surface area contributed by atoms with Gasteiger partial charge in [-0.3, -0.25) is 9.59 Å². The van der Waals surface area contributed by atoms with Crippen molar-refractivity contribution in [1.82, 2.24) is 5.32 Å². The predicted octanol–water partition coefficient (Wildman–Crippen LogP) is 2.09. The molecule has 1 aromatic carbocycles. The van der Waals surface area contributed by atoms with Crippen LogP contribution in [0.15, 0.2) is 30.3 Å². The van der Waals surface area contributed by atoms with Gasteiger partial charge in [-0.15, -0.1) is 12.4 Å². The summed E-state index contributed by atoms with van der Waals surface area (Å²) >= 11 is 0. The van der Waals surface area contributed by atoms with Crippen molar-refractivity contribution in [2.45, 2.75) is 45.2 Å². The number of benzene rings is 1. The molecule has 2 amide bonds. The largest absolute Gasteiger partial charge is 0.343 e. The lowest BCUT2D eigenvalue weighted by Gasteiger charge is -2.33. The fraction of sp³-hybridized carbons (Fsp3) is 0.529. The standard InChI is InChI=1S/C17H25N3O2.ClH/c1-12(2)11-14(18)16(21)19-15-9-6-10-20(17(15)22)13-7-4-3-5-8-13;/h3-5,7-8,12,14-15H,6,9-11,18H2,1-2H3,(H,19,21);1H/t14-,15?;/m0./s1. The number of amides is 2. The zero-order valence-electron chi connectivity index (χ0n) is 13.7. The number of para-hydroxylation sites is 1. The van der Waals surface area contributed by atoms with Crippen molar-refractivity contribution >= 4 is 29.9 Å². The third-order valence-electron chi connectivity index (χ3n) is 3.89. The summed E-state index contributed by atoms with van der Waals surface area (Å²) in [6, 6.07) is 8.52. The number of rotatable bonds is 5. The molecule has 0 spiro atoms. The molecular weight excluding hydrogens is 314 g/mol. The van der Waals surface area contributed by atoms with Gasteiger partial charge in [0.05, 0.1) is 6.04 Å². The Morgan fingerprint density at radius 3 is 2.61 bits per heavy atom. The van der Waals surface area contributed by atoms with E-state index in [0.29, 0.717) is 25.3 Å². The first-order valence-electron chi connectivity index (χ1n) is 7.91. The molecule has 1 aromatic rings. The predicted molar refractivity (Wildman–Crippen MR) is 94.6 cm³/mol. The molecule has 128 valence electrons. The van der Waals surface area contributed by atoms with E-state index in [9.17, 15) is 9.59 Å². The van der Waals surface area contributed by atoms with Crippen LogP contribution >= 0.6 is 12.4 Å². The average Bonchev–Trinajstić information content (AvgIpc) is 2.49. The lowest BCUT2D eigenvalue weighted by molar-refractivity contribution is -0.129. The van der Waals surface area contributed by atoms with Gasteiger partial charge >= 0.3 is 0 Å². The van der Waals surface area contributed by atoms with Crippen LogP contribution < -0.4 is 16.0 Å². The van der Waals surface area contributed by atoms with Gasteiger partial charge in [-0.05, 0) is 37.3 Å². The fourth-order valence-electron chi connectivity index (χ4n) is 2.77. The Morgan fingerprint density at radius 1 is 1.35 bits per heavy atom. The Morgan fingerprint density at radius 2 is 2.00 bits per heavy atom. The minimum atomic E-state index is -0.556. The summed E-state index contributed by atoms with van der Waals surface area (Å²) in [4.78, 5) is 26.4. The molecule has 0 radical (unpaired) electrons. The van der Waals surface area contributed by atoms with Gasteiger partial charge in [-0.1, -0.05) is 32.0 Å². The number of hydrogen-bond donors (Lipinski definition) is 2. The monoisotopic (exact) mass is 339 g/mol. The quantitative estimate of drug-likeness (QED) is 0.862. The van der Waals surface area contributed by atoms with Crippen molar-refractivity contribution in [2.75, 3.05) is 11.4 Å². The Hall–Kier alpha value is -1.59. The number of carbonyl (C=O) groups excluding carboxylic acids is 2. The summed E-state index contributed by atoms with van der Waals surface area (Å²) in [7, 11) is 0. The van der Waals surface area contributed by atoms with Gasteiger partial charge in [0.15, 0.2) is 0 Å². The molecular formula is C17H26ClN3O2. The molecule has 2 atom stereocenters. The minimum Gasteiger partial charge on any atom is -0.343 e. The van der Waals surface area contributed by atoms with E-state index in [1.165, 1.54) is 0 Å². The first-order chi connectivity index (χ1) is 10.5. The van der Waals surface area contributed by atoms with Gasteiger partial charge in [-0.25, -0.2) is 0 Å². The number of anilines is 1. The van der Waals surface area contributed by atoms with Crippen LogP contribution in [0.3, 0.4) is 0 Å². The second-order valence-corrected chi connectivity index (χ2v) is 6.26. The summed E-state index contributed by atoms with van der Waals surface area (Å²) < 4.78 is 0. The van der Waals surface area contributed by atoms with Gasteiger partial charge in [0.1, 0.15) is 6.04 Å². The summed E-state index contributed by atoms with van der Waals surface area (Å²) in [5, 5.41) is 2.82. The first kappa shape index (κ1) is 19.5. The molecule has 1 heterocycles. The fourth-order valence-corrected chi connectivity index (χ4v) is 2.77. The van der Waals surface area contributed by atoms with E-state index in [2.05, 4.69) is 5.32 Å². The van der Waals surface area contributed by atoms with Crippen LogP contribution in [0.1, 0.15) is 33.1 Å². The third-order valence-corrected chi connectivity index (χ3v) is 3.89. The Kier molecular flexibility index (Phi) is 7.52. The highest BCUT2D eigenvalue weighted by molar-refractivity contribution is 6.00. The Labute approximate surface area is 144 Å². The molecule has 0 bridgehead atoms. The highest BCUT2D eigenvalue weighted by atomic mass is 35.5. The molecule has 2 rings (SSSR count). The van der Waals surface area contributed by atoms with Crippen molar-refractivity contribution in [3.8, 4) is 0 Å².